The van der Waals surface area contributed by atoms with Crippen LogP contribution >= 0.6 is 0 Å². The van der Waals surface area contributed by atoms with E-state index in [0.717, 1.165) is 38.0 Å². The van der Waals surface area contributed by atoms with Gasteiger partial charge in [-0.1, -0.05) is 0 Å². The molecule has 1 aromatic carbocycles. The van der Waals surface area contributed by atoms with Gasteiger partial charge in [-0.25, -0.2) is 4.39 Å². The molecular formula is C16H20FN3O. The molecule has 1 unspecified atom stereocenters. The highest BCUT2D eigenvalue weighted by Gasteiger charge is 2.20. The molecule has 2 heterocycles. The van der Waals surface area contributed by atoms with Gasteiger partial charge in [0.05, 0.1) is 17.8 Å². The smallest absolute Gasteiger partial charge is 0.150 e. The average Bonchev–Trinajstić information content (AvgIpc) is 2.48. The first kappa shape index (κ1) is 14.1. The second-order valence-electron chi connectivity index (χ2n) is 5.66. The minimum absolute atomic E-state index is 0.321. The Hall–Kier alpha value is -1.88. The van der Waals surface area contributed by atoms with E-state index in [4.69, 9.17) is 10.5 Å². The van der Waals surface area contributed by atoms with Gasteiger partial charge in [-0.05, 0) is 37.0 Å². The molecule has 4 nitrogen and oxygen atoms in total. The van der Waals surface area contributed by atoms with Crippen molar-refractivity contribution in [3.05, 3.63) is 30.2 Å². The first-order valence-corrected chi connectivity index (χ1v) is 7.28. The molecule has 0 radical (unpaired) electrons. The molecule has 2 N–H and O–H groups in total. The van der Waals surface area contributed by atoms with Crippen molar-refractivity contribution in [2.24, 2.45) is 5.92 Å². The minimum Gasteiger partial charge on any atom is -0.398 e. The van der Waals surface area contributed by atoms with Crippen LogP contribution in [0.25, 0.3) is 10.9 Å². The topological polar surface area (TPSA) is 51.4 Å². The molecule has 21 heavy (non-hydrogen) atoms. The highest BCUT2D eigenvalue weighted by molar-refractivity contribution is 5.98. The summed E-state index contributed by atoms with van der Waals surface area (Å²) in [6.07, 6.45) is 3.86. The number of hydrogen-bond acceptors (Lipinski definition) is 4. The number of nitrogens with two attached hydrogens (primary N) is 1. The Bertz CT molecular complexity index is 641. The molecule has 2 aromatic rings. The van der Waals surface area contributed by atoms with Crippen molar-refractivity contribution >= 4 is 22.3 Å². The van der Waals surface area contributed by atoms with Crippen molar-refractivity contribution in [1.82, 2.24) is 4.98 Å². The van der Waals surface area contributed by atoms with Crippen LogP contribution in [0.2, 0.25) is 0 Å². The van der Waals surface area contributed by atoms with Crippen molar-refractivity contribution in [3.8, 4) is 0 Å². The van der Waals surface area contributed by atoms with Crippen LogP contribution in [0, 0.1) is 11.7 Å². The normalized spacial score (nSPS) is 18.9. The lowest BCUT2D eigenvalue weighted by atomic mass is 10.0. The fraction of sp³-hybridized carbons (Fsp3) is 0.438. The van der Waals surface area contributed by atoms with Gasteiger partial charge in [0, 0.05) is 37.5 Å². The van der Waals surface area contributed by atoms with Crippen LogP contribution < -0.4 is 10.6 Å². The third-order valence-electron chi connectivity index (χ3n) is 4.02. The van der Waals surface area contributed by atoms with Gasteiger partial charge in [-0.3, -0.25) is 4.98 Å². The van der Waals surface area contributed by atoms with Crippen LogP contribution in [-0.2, 0) is 4.74 Å². The summed E-state index contributed by atoms with van der Waals surface area (Å²) in [4.78, 5) is 6.26. The van der Waals surface area contributed by atoms with Crippen LogP contribution in [0.5, 0.6) is 0 Å². The summed E-state index contributed by atoms with van der Waals surface area (Å²) in [6, 6.07) is 5.07. The van der Waals surface area contributed by atoms with Gasteiger partial charge in [-0.2, -0.15) is 0 Å². The molecule has 1 saturated heterocycles. The van der Waals surface area contributed by atoms with E-state index in [1.807, 2.05) is 24.1 Å². The highest BCUT2D eigenvalue weighted by atomic mass is 19.1. The lowest BCUT2D eigenvalue weighted by molar-refractivity contribution is 0.0576. The van der Waals surface area contributed by atoms with Gasteiger partial charge >= 0.3 is 0 Å². The van der Waals surface area contributed by atoms with Gasteiger partial charge in [0.15, 0.2) is 5.82 Å². The fourth-order valence-electron chi connectivity index (χ4n) is 3.02. The lowest BCUT2D eigenvalue weighted by Gasteiger charge is -2.29. The lowest BCUT2D eigenvalue weighted by Crippen LogP contribution is -2.31. The predicted molar refractivity (Wildman–Crippen MR) is 82.9 cm³/mol. The van der Waals surface area contributed by atoms with Crippen molar-refractivity contribution in [2.75, 3.05) is 37.4 Å². The number of pyridine rings is 1. The van der Waals surface area contributed by atoms with Crippen LogP contribution in [0.3, 0.4) is 0 Å². The van der Waals surface area contributed by atoms with E-state index in [-0.39, 0.29) is 5.82 Å². The quantitative estimate of drug-likeness (QED) is 0.883. The molecule has 1 fully saturated rings. The Balaban J connectivity index is 1.95. The van der Waals surface area contributed by atoms with E-state index in [9.17, 15) is 4.39 Å². The van der Waals surface area contributed by atoms with Crippen molar-refractivity contribution in [3.63, 3.8) is 0 Å². The Kier molecular flexibility index (Phi) is 3.92. The van der Waals surface area contributed by atoms with Crippen molar-refractivity contribution < 1.29 is 9.13 Å². The Morgan fingerprint density at radius 3 is 3.14 bits per heavy atom. The number of rotatable bonds is 3. The Labute approximate surface area is 123 Å². The standard InChI is InChI=1S/C16H20FN3O/c1-20(9-11-4-3-7-21-10-11)16-13(17)8-14(18)12-5-2-6-19-15(12)16/h2,5-6,8,11H,3-4,7,9-10,18H2,1H3. The number of aromatic nitrogens is 1. The second kappa shape index (κ2) is 5.85. The van der Waals surface area contributed by atoms with Gasteiger partial charge in [-0.15, -0.1) is 0 Å². The molecule has 1 aliphatic rings. The number of halogens is 1. The number of anilines is 2. The molecule has 0 bridgehead atoms. The summed E-state index contributed by atoms with van der Waals surface area (Å²) in [7, 11) is 1.90. The van der Waals surface area contributed by atoms with Crippen LogP contribution in [-0.4, -0.2) is 31.8 Å². The summed E-state index contributed by atoms with van der Waals surface area (Å²) >= 11 is 0. The summed E-state index contributed by atoms with van der Waals surface area (Å²) in [5.41, 5.74) is 7.46. The molecule has 0 spiro atoms. The van der Waals surface area contributed by atoms with Crippen LogP contribution in [0.1, 0.15) is 12.8 Å². The zero-order valence-electron chi connectivity index (χ0n) is 12.2. The summed E-state index contributed by atoms with van der Waals surface area (Å²) in [5.74, 6) is 0.109. The molecule has 1 aromatic heterocycles. The number of hydrogen-bond donors (Lipinski definition) is 1. The summed E-state index contributed by atoms with van der Waals surface area (Å²) < 4.78 is 19.9. The van der Waals surface area contributed by atoms with Gasteiger partial charge in [0.25, 0.3) is 0 Å². The fourth-order valence-corrected chi connectivity index (χ4v) is 3.02. The summed E-state index contributed by atoms with van der Waals surface area (Å²) in [6.45, 7) is 2.33. The van der Waals surface area contributed by atoms with Crippen molar-refractivity contribution in [2.45, 2.75) is 12.8 Å². The third kappa shape index (κ3) is 2.78. The van der Waals surface area contributed by atoms with E-state index < -0.39 is 0 Å². The molecule has 1 aliphatic heterocycles. The molecule has 3 rings (SSSR count). The highest BCUT2D eigenvalue weighted by Crippen LogP contribution is 2.32. The SMILES string of the molecule is CN(CC1CCCOC1)c1c(F)cc(N)c2cccnc12. The third-order valence-corrected chi connectivity index (χ3v) is 4.02. The molecule has 0 aliphatic carbocycles. The molecule has 0 saturated carbocycles. The maximum atomic E-state index is 14.4. The Morgan fingerprint density at radius 2 is 2.38 bits per heavy atom. The number of benzene rings is 1. The minimum atomic E-state index is -0.321. The number of ether oxygens (including phenoxy) is 1. The molecule has 1 atom stereocenters. The zero-order chi connectivity index (χ0) is 14.8. The monoisotopic (exact) mass is 289 g/mol. The zero-order valence-corrected chi connectivity index (χ0v) is 12.2. The van der Waals surface area contributed by atoms with Gasteiger partial charge in [0.1, 0.15) is 0 Å². The van der Waals surface area contributed by atoms with E-state index in [0.29, 0.717) is 22.8 Å². The average molecular weight is 289 g/mol. The first-order valence-electron chi connectivity index (χ1n) is 7.28. The predicted octanol–water partition coefficient (Wildman–Crippen LogP) is 2.82. The first-order chi connectivity index (χ1) is 10.2. The van der Waals surface area contributed by atoms with Crippen LogP contribution in [0.4, 0.5) is 15.8 Å². The second-order valence-corrected chi connectivity index (χ2v) is 5.66. The molecule has 0 amide bonds. The maximum absolute atomic E-state index is 14.4. The number of nitrogen functional groups attached to an aromatic ring is 1. The van der Waals surface area contributed by atoms with E-state index in [1.54, 1.807) is 6.20 Å². The molecule has 112 valence electrons. The van der Waals surface area contributed by atoms with Crippen LogP contribution in [0.15, 0.2) is 24.4 Å². The van der Waals surface area contributed by atoms with Gasteiger partial charge in [0.2, 0.25) is 0 Å². The number of nitrogens with zero attached hydrogens (tertiary/aromatic N) is 2. The summed E-state index contributed by atoms with van der Waals surface area (Å²) in [5, 5.41) is 0.792. The van der Waals surface area contributed by atoms with E-state index in [1.165, 1.54) is 6.07 Å². The van der Waals surface area contributed by atoms with Gasteiger partial charge < -0.3 is 15.4 Å². The molecule has 5 heteroatoms. The number of fused-ring (bicyclic) bond motifs is 1. The molecular weight excluding hydrogens is 269 g/mol. The maximum Gasteiger partial charge on any atom is 0.150 e. The van der Waals surface area contributed by atoms with E-state index in [2.05, 4.69) is 4.98 Å². The Morgan fingerprint density at radius 1 is 1.52 bits per heavy atom. The van der Waals surface area contributed by atoms with E-state index >= 15 is 0 Å². The largest absolute Gasteiger partial charge is 0.398 e. The van der Waals surface area contributed by atoms with Crippen molar-refractivity contribution in [1.29, 1.82) is 0 Å².